The van der Waals surface area contributed by atoms with Gasteiger partial charge in [0, 0.05) is 88.4 Å². The maximum absolute atomic E-state index is 15.4. The molecule has 3 N–H and O–H groups in total. The molecule has 0 radical (unpaired) electrons. The highest BCUT2D eigenvalue weighted by atomic mass is 35.5. The van der Waals surface area contributed by atoms with Crippen molar-refractivity contribution in [2.75, 3.05) is 95.1 Å². The second-order valence-electron chi connectivity index (χ2n) is 27.1. The van der Waals surface area contributed by atoms with Crippen LogP contribution in [0, 0.1) is 23.6 Å². The minimum atomic E-state index is -4.77. The summed E-state index contributed by atoms with van der Waals surface area (Å²) in [7, 11) is 9.41. The number of halogens is 5. The number of alkyl halides is 3. The molecule has 0 aromatic heterocycles. The van der Waals surface area contributed by atoms with E-state index in [-0.39, 0.29) is 75.1 Å². The minimum Gasteiger partial charge on any atom is -0.354 e. The van der Waals surface area contributed by atoms with Gasteiger partial charge in [0.25, 0.3) is 0 Å². The van der Waals surface area contributed by atoms with Gasteiger partial charge in [-0.2, -0.15) is 13.2 Å². The van der Waals surface area contributed by atoms with E-state index in [0.29, 0.717) is 38.8 Å². The van der Waals surface area contributed by atoms with Crippen LogP contribution in [-0.2, 0) is 76.6 Å². The van der Waals surface area contributed by atoms with Crippen LogP contribution in [0.5, 0.6) is 0 Å². The van der Waals surface area contributed by atoms with Crippen molar-refractivity contribution in [3.8, 4) is 0 Å². The summed E-state index contributed by atoms with van der Waals surface area (Å²) in [5.41, 5.74) is -0.798. The molecule has 3 heterocycles. The number of piperidine rings is 1. The van der Waals surface area contributed by atoms with Crippen molar-refractivity contribution in [2.24, 2.45) is 17.8 Å². The molecule has 3 aliphatic rings. The Balaban J connectivity index is 1.52. The summed E-state index contributed by atoms with van der Waals surface area (Å²) in [6.45, 7) is 9.57. The number of nitrogens with zero attached hydrogens (tertiary/aromatic N) is 9. The van der Waals surface area contributed by atoms with Gasteiger partial charge < -0.3 is 60.0 Å². The van der Waals surface area contributed by atoms with Crippen molar-refractivity contribution < 1.29 is 75.1 Å². The Bertz CT molecular complexity index is 3190. The van der Waals surface area contributed by atoms with Gasteiger partial charge in [-0.05, 0) is 111 Å². The number of amides is 12. The summed E-state index contributed by atoms with van der Waals surface area (Å²) in [5, 5.41) is 7.75. The number of hydrogen-bond donors (Lipinski definition) is 3. The molecule has 5 rings (SSSR count). The van der Waals surface area contributed by atoms with Crippen molar-refractivity contribution in [3.63, 3.8) is 0 Å². The molecule has 2 aromatic carbocycles. The topological polar surface area (TPSA) is 270 Å². The number of carbonyl (C=O) groups is 12. The quantitative estimate of drug-likeness (QED) is 0.257. The highest BCUT2D eigenvalue weighted by Gasteiger charge is 2.43. The summed E-state index contributed by atoms with van der Waals surface area (Å²) in [6.07, 6.45) is -2.26. The second kappa shape index (κ2) is 36.8. The van der Waals surface area contributed by atoms with Crippen LogP contribution in [-0.4, -0.2) is 252 Å². The highest BCUT2D eigenvalue weighted by Crippen LogP contribution is 2.35. The van der Waals surface area contributed by atoms with E-state index in [1.54, 1.807) is 32.6 Å². The Kier molecular flexibility index (Phi) is 30.3. The first-order valence-electron chi connectivity index (χ1n) is 33.8. The van der Waals surface area contributed by atoms with E-state index in [1.165, 1.54) is 93.2 Å². The average molecular weight is 1400 g/mol. The summed E-state index contributed by atoms with van der Waals surface area (Å²) >= 11 is 6.07. The van der Waals surface area contributed by atoms with Crippen LogP contribution in [0.4, 0.5) is 17.6 Å². The fraction of sp³-hybridized carbons (Fsp3) is 0.652. The van der Waals surface area contributed by atoms with Crippen molar-refractivity contribution in [3.05, 3.63) is 70.0 Å². The van der Waals surface area contributed by atoms with Crippen LogP contribution < -0.4 is 16.0 Å². The zero-order valence-corrected chi connectivity index (χ0v) is 59.7. The number of rotatable bonds is 11. The molecule has 0 bridgehead atoms. The predicted octanol–water partition coefficient (Wildman–Crippen LogP) is 4.77. The van der Waals surface area contributed by atoms with E-state index in [9.17, 15) is 70.7 Å². The molecule has 544 valence electrons. The number of carbonyl (C=O) groups excluding carboxylic acids is 12. The zero-order chi connectivity index (χ0) is 73.2. The molecule has 0 saturated carbocycles. The van der Waals surface area contributed by atoms with Gasteiger partial charge >= 0.3 is 6.18 Å². The molecular weight excluding hydrogens is 1300 g/mol. The number of hydrogen-bond acceptors (Lipinski definition) is 12. The van der Waals surface area contributed by atoms with Crippen molar-refractivity contribution in [2.45, 2.75) is 180 Å². The molecule has 29 heteroatoms. The normalized spacial score (nSPS) is 24.1. The summed E-state index contributed by atoms with van der Waals surface area (Å²) in [5.74, 6) is -10.1. The average Bonchev–Trinajstić information content (AvgIpc) is 1.15. The van der Waals surface area contributed by atoms with Gasteiger partial charge in [-0.1, -0.05) is 83.8 Å². The molecule has 3 fully saturated rings. The standard InChI is InChI=1S/C69H101ClF4N12O12/c1-14-44(6)60-67(97)80(9)40-58(90)78(7)41-59(91)82(11)53(37-46-23-16-17-24-49(46)71)65(95)79(8)39-55(87)76-50(30-28-45-27-29-47(48(70)36-45)69(72,73)74)64(94)86-34-22-25-51(86)62(92)75-31-19-18-26-56(88)84(13)61(43(4)5)68(98)83(12)54(66(96)85-32-20-15-21-33-85)38-57(89)81(10)52(35-42(2)3)63(93)77-60/h16-17,23-24,27,29,36,42-44,50-54,60-61H,14-15,18-22,25-26,28,30-35,37-41H2,1-13H3,(H,75,92)(H,76,87)(H,77,93)/t44-,50-,51-,52-,53-,54-,60?,61-/m0/s1. The van der Waals surface area contributed by atoms with E-state index < -0.39 is 180 Å². The van der Waals surface area contributed by atoms with Gasteiger partial charge in [0.2, 0.25) is 70.9 Å². The number of likely N-dealkylation sites (N-methyl/N-ethyl adjacent to an activating group) is 7. The Morgan fingerprint density at radius 2 is 1.28 bits per heavy atom. The van der Waals surface area contributed by atoms with Crippen LogP contribution in [0.2, 0.25) is 5.02 Å². The van der Waals surface area contributed by atoms with Gasteiger partial charge in [0.05, 0.1) is 36.6 Å². The lowest BCUT2D eigenvalue weighted by Crippen LogP contribution is -2.59. The largest absolute Gasteiger partial charge is 0.417 e. The number of benzene rings is 2. The fourth-order valence-corrected chi connectivity index (χ4v) is 12.9. The number of likely N-dealkylation sites (tertiary alicyclic amines) is 1. The Labute approximate surface area is 578 Å². The monoisotopic (exact) mass is 1400 g/mol. The number of fused-ring (bicyclic) bond motifs is 1. The molecule has 1 unspecified atom stereocenters. The van der Waals surface area contributed by atoms with Gasteiger partial charge in [0.1, 0.15) is 48.1 Å². The summed E-state index contributed by atoms with van der Waals surface area (Å²) in [6, 6.07) is -0.336. The van der Waals surface area contributed by atoms with Gasteiger partial charge in [-0.15, -0.1) is 0 Å². The maximum atomic E-state index is 15.4. The molecular formula is C69H101ClF4N12O12. The zero-order valence-electron chi connectivity index (χ0n) is 59.0. The maximum Gasteiger partial charge on any atom is 0.417 e. The summed E-state index contributed by atoms with van der Waals surface area (Å²) in [4.78, 5) is 184. The third-order valence-electron chi connectivity index (χ3n) is 18.9. The number of nitrogens with one attached hydrogen (secondary N) is 3. The van der Waals surface area contributed by atoms with E-state index in [2.05, 4.69) is 16.0 Å². The first-order chi connectivity index (χ1) is 46.0. The molecule has 0 spiro atoms. The van der Waals surface area contributed by atoms with E-state index in [0.717, 1.165) is 44.2 Å². The van der Waals surface area contributed by atoms with Crippen LogP contribution >= 0.6 is 11.6 Å². The lowest BCUT2D eigenvalue weighted by atomic mass is 9.95. The third kappa shape index (κ3) is 21.8. The van der Waals surface area contributed by atoms with Crippen LogP contribution in [0.3, 0.4) is 0 Å². The lowest BCUT2D eigenvalue weighted by Gasteiger charge is -2.39. The molecule has 3 aliphatic heterocycles. The predicted molar refractivity (Wildman–Crippen MR) is 358 cm³/mol. The molecule has 24 nitrogen and oxygen atoms in total. The molecule has 8 atom stereocenters. The molecule has 98 heavy (non-hydrogen) atoms. The lowest BCUT2D eigenvalue weighted by molar-refractivity contribution is -0.154. The Morgan fingerprint density at radius 3 is 1.89 bits per heavy atom. The van der Waals surface area contributed by atoms with Crippen molar-refractivity contribution in [1.82, 2.24) is 60.0 Å². The fourth-order valence-electron chi connectivity index (χ4n) is 12.6. The molecule has 3 saturated heterocycles. The highest BCUT2D eigenvalue weighted by molar-refractivity contribution is 6.31. The smallest absolute Gasteiger partial charge is 0.354 e. The summed E-state index contributed by atoms with van der Waals surface area (Å²) < 4.78 is 56.6. The van der Waals surface area contributed by atoms with E-state index in [4.69, 9.17) is 11.6 Å². The van der Waals surface area contributed by atoms with E-state index >= 15 is 4.39 Å². The van der Waals surface area contributed by atoms with Gasteiger partial charge in [-0.25, -0.2) is 4.39 Å². The minimum absolute atomic E-state index is 0.0138. The van der Waals surface area contributed by atoms with Gasteiger partial charge in [0.15, 0.2) is 0 Å². The van der Waals surface area contributed by atoms with Crippen LogP contribution in [0.25, 0.3) is 0 Å². The third-order valence-corrected chi connectivity index (χ3v) is 19.2. The SMILES string of the molecule is CC[C@H](C)C1NC(=O)[C@H](CC(C)C)N(C)C(=O)C[C@@H](C(=O)N2CCCCC2)N(C)C(=O)[C@H](C(C)C)N(C)C(=O)CCCCNC(=O)[C@@H]2CCCN2C(=O)[C@H](CCc2ccc(C(F)(F)F)c(Cl)c2)NC(=O)CN(C)C(=O)[C@H](Cc2ccccc2F)N(C)C(=O)CN(C)C(=O)CN(C)C1=O. The van der Waals surface area contributed by atoms with Crippen LogP contribution in [0.1, 0.15) is 135 Å². The van der Waals surface area contributed by atoms with E-state index in [1.807, 2.05) is 13.8 Å². The number of aryl methyl sites for hydroxylation is 1. The first-order valence-corrected chi connectivity index (χ1v) is 34.2. The Hall–Kier alpha value is -7.91. The Morgan fingerprint density at radius 1 is 0.643 bits per heavy atom. The molecule has 0 aliphatic carbocycles. The van der Waals surface area contributed by atoms with Crippen LogP contribution in [0.15, 0.2) is 42.5 Å². The van der Waals surface area contributed by atoms with Crippen molar-refractivity contribution >= 4 is 82.5 Å². The van der Waals surface area contributed by atoms with Crippen molar-refractivity contribution in [1.29, 1.82) is 0 Å². The molecule has 12 amide bonds. The first kappa shape index (κ1) is 80.8. The second-order valence-corrected chi connectivity index (χ2v) is 27.5. The van der Waals surface area contributed by atoms with Gasteiger partial charge in [-0.3, -0.25) is 57.5 Å². The molecule has 2 aromatic rings.